The molecule has 1 N–H and O–H groups in total. The summed E-state index contributed by atoms with van der Waals surface area (Å²) < 4.78 is 33.8. The van der Waals surface area contributed by atoms with E-state index in [4.69, 9.17) is 16.3 Å². The van der Waals surface area contributed by atoms with E-state index in [0.717, 1.165) is 22.7 Å². The maximum atomic E-state index is 12.0. The molecule has 1 aliphatic carbocycles. The van der Waals surface area contributed by atoms with E-state index in [1.165, 1.54) is 39.5 Å². The summed E-state index contributed by atoms with van der Waals surface area (Å²) in [6.45, 7) is 6.22. The Morgan fingerprint density at radius 3 is 2.69 bits per heavy atom. The Labute approximate surface area is 195 Å². The second kappa shape index (κ2) is 10.7. The van der Waals surface area contributed by atoms with E-state index in [1.807, 2.05) is 35.9 Å². The number of nitrogens with one attached hydrogen (secondary N) is 1. The largest absolute Gasteiger partial charge is 0.493 e. The Morgan fingerprint density at radius 2 is 2.00 bits per heavy atom. The molecule has 7 nitrogen and oxygen atoms in total. The molecular formula is C23H32ClN3O4S. The van der Waals surface area contributed by atoms with E-state index < -0.39 is 21.2 Å². The highest BCUT2D eigenvalue weighted by molar-refractivity contribution is 7.90. The number of amides is 1. The van der Waals surface area contributed by atoms with Crippen molar-refractivity contribution in [2.45, 2.75) is 71.1 Å². The monoisotopic (exact) mass is 481 g/mol. The van der Waals surface area contributed by atoms with Crippen LogP contribution in [0, 0.1) is 12.8 Å². The molecule has 1 aromatic heterocycles. The van der Waals surface area contributed by atoms with Crippen LogP contribution in [0.15, 0.2) is 24.3 Å². The van der Waals surface area contributed by atoms with Crippen LogP contribution in [-0.4, -0.2) is 36.0 Å². The lowest BCUT2D eigenvalue weighted by molar-refractivity contribution is -0.119. The van der Waals surface area contributed by atoms with Gasteiger partial charge in [0.2, 0.25) is 15.9 Å². The van der Waals surface area contributed by atoms with E-state index in [2.05, 4.69) is 9.82 Å². The summed E-state index contributed by atoms with van der Waals surface area (Å²) in [5.41, 5.74) is 2.63. The Morgan fingerprint density at radius 1 is 1.28 bits per heavy atom. The predicted octanol–water partition coefficient (Wildman–Crippen LogP) is 4.25. The molecule has 1 heterocycles. The van der Waals surface area contributed by atoms with Crippen molar-refractivity contribution in [2.24, 2.45) is 5.92 Å². The van der Waals surface area contributed by atoms with Crippen LogP contribution in [0.25, 0.3) is 0 Å². The maximum absolute atomic E-state index is 12.0. The molecule has 0 radical (unpaired) electrons. The summed E-state index contributed by atoms with van der Waals surface area (Å²) in [6, 6.07) is 7.55. The van der Waals surface area contributed by atoms with E-state index in [-0.39, 0.29) is 6.42 Å². The molecule has 1 aliphatic rings. The van der Waals surface area contributed by atoms with Crippen LogP contribution in [0.2, 0.25) is 5.02 Å². The molecule has 176 valence electrons. The number of rotatable bonds is 10. The Kier molecular flexibility index (Phi) is 8.22. The normalized spacial score (nSPS) is 14.8. The highest BCUT2D eigenvalue weighted by Crippen LogP contribution is 2.28. The van der Waals surface area contributed by atoms with Crippen LogP contribution in [0.4, 0.5) is 0 Å². The molecule has 2 aromatic rings. The van der Waals surface area contributed by atoms with Crippen molar-refractivity contribution in [3.8, 4) is 5.75 Å². The molecule has 1 aromatic carbocycles. The van der Waals surface area contributed by atoms with Crippen molar-refractivity contribution in [3.63, 3.8) is 0 Å². The third-order valence-corrected chi connectivity index (χ3v) is 7.80. The zero-order chi connectivity index (χ0) is 23.3. The molecule has 0 saturated heterocycles. The van der Waals surface area contributed by atoms with Gasteiger partial charge in [-0.1, -0.05) is 24.4 Å². The first kappa shape index (κ1) is 24.6. The highest BCUT2D eigenvalue weighted by Gasteiger charge is 2.20. The number of sulfonamides is 1. The van der Waals surface area contributed by atoms with Gasteiger partial charge in [-0.15, -0.1) is 0 Å². The van der Waals surface area contributed by atoms with Gasteiger partial charge < -0.3 is 4.74 Å². The average molecular weight is 482 g/mol. The quantitative estimate of drug-likeness (QED) is 0.547. The van der Waals surface area contributed by atoms with E-state index in [1.54, 1.807) is 0 Å². The first-order valence-corrected chi connectivity index (χ1v) is 13.1. The molecule has 3 rings (SSSR count). The van der Waals surface area contributed by atoms with Gasteiger partial charge in [0, 0.05) is 29.1 Å². The number of carbonyl (C=O) groups is 1. The van der Waals surface area contributed by atoms with Crippen LogP contribution in [0.5, 0.6) is 5.75 Å². The fourth-order valence-electron chi connectivity index (χ4n) is 3.79. The summed E-state index contributed by atoms with van der Waals surface area (Å²) in [5.74, 6) is 0.904. The van der Waals surface area contributed by atoms with Crippen molar-refractivity contribution in [1.82, 2.24) is 14.5 Å². The minimum atomic E-state index is -3.62. The fraction of sp³-hybridized carbons (Fsp3) is 0.565. The Hall–Kier alpha value is -2.06. The first-order valence-electron chi connectivity index (χ1n) is 11.1. The van der Waals surface area contributed by atoms with Crippen molar-refractivity contribution >= 4 is 27.5 Å². The van der Waals surface area contributed by atoms with Gasteiger partial charge in [0.05, 0.1) is 24.1 Å². The van der Waals surface area contributed by atoms with Gasteiger partial charge in [0.1, 0.15) is 5.75 Å². The summed E-state index contributed by atoms with van der Waals surface area (Å²) in [7, 11) is -3.62. The molecule has 0 spiro atoms. The van der Waals surface area contributed by atoms with Gasteiger partial charge in [-0.25, -0.2) is 8.42 Å². The number of aryl methyl sites for hydroxylation is 2. The lowest BCUT2D eigenvalue weighted by Crippen LogP contribution is -2.35. The fourth-order valence-corrected chi connectivity index (χ4v) is 4.64. The number of aromatic nitrogens is 2. The summed E-state index contributed by atoms with van der Waals surface area (Å²) in [4.78, 5) is 12.0. The molecule has 1 amide bonds. The summed E-state index contributed by atoms with van der Waals surface area (Å²) in [6.07, 6.45) is 5.40. The third kappa shape index (κ3) is 6.72. The van der Waals surface area contributed by atoms with E-state index >= 15 is 0 Å². The van der Waals surface area contributed by atoms with Gasteiger partial charge in [-0.05, 0) is 63.8 Å². The lowest BCUT2D eigenvalue weighted by Gasteiger charge is -2.15. The lowest BCUT2D eigenvalue weighted by atomic mass is 10.1. The topological polar surface area (TPSA) is 90.3 Å². The Bertz CT molecular complexity index is 1040. The van der Waals surface area contributed by atoms with Gasteiger partial charge in [-0.3, -0.25) is 14.2 Å². The number of carbonyl (C=O) groups excluding carboxylic acids is 1. The van der Waals surface area contributed by atoms with Crippen LogP contribution < -0.4 is 9.46 Å². The second-order valence-corrected chi connectivity index (χ2v) is 11.4. The molecule has 0 unspecified atom stereocenters. The molecule has 32 heavy (non-hydrogen) atoms. The number of benzene rings is 1. The van der Waals surface area contributed by atoms with Crippen molar-refractivity contribution in [2.75, 3.05) is 6.61 Å². The maximum Gasteiger partial charge on any atom is 0.237 e. The Balaban J connectivity index is 1.63. The SMILES string of the molecule is Cc1cc(CCC(=O)NS(=O)(=O)C(C)C)nn1Cc1cc(Cl)ccc1OCC1CCCC1. The first-order chi connectivity index (χ1) is 15.1. The number of hydrogen-bond acceptors (Lipinski definition) is 5. The van der Waals surface area contributed by atoms with E-state index in [9.17, 15) is 13.2 Å². The number of hydrogen-bond donors (Lipinski definition) is 1. The molecular weight excluding hydrogens is 450 g/mol. The second-order valence-electron chi connectivity index (χ2n) is 8.77. The number of ether oxygens (including phenoxy) is 1. The van der Waals surface area contributed by atoms with Crippen molar-refractivity contribution < 1.29 is 17.9 Å². The predicted molar refractivity (Wildman–Crippen MR) is 125 cm³/mol. The van der Waals surface area contributed by atoms with Crippen LogP contribution >= 0.6 is 11.6 Å². The number of nitrogens with zero attached hydrogens (tertiary/aromatic N) is 2. The zero-order valence-electron chi connectivity index (χ0n) is 18.9. The van der Waals surface area contributed by atoms with Crippen LogP contribution in [0.1, 0.15) is 62.9 Å². The molecule has 0 atom stereocenters. The van der Waals surface area contributed by atoms with Crippen LogP contribution in [0.3, 0.4) is 0 Å². The van der Waals surface area contributed by atoms with Gasteiger partial charge >= 0.3 is 0 Å². The standard InChI is InChI=1S/C23H32ClN3O4S/c1-16(2)32(29,30)26-23(28)11-9-21-12-17(3)27(25-21)14-19-13-20(24)8-10-22(19)31-15-18-6-4-5-7-18/h8,10,12-13,16,18H,4-7,9,11,14-15H2,1-3H3,(H,26,28). The molecule has 1 fully saturated rings. The highest BCUT2D eigenvalue weighted by atomic mass is 35.5. The van der Waals surface area contributed by atoms with Gasteiger partial charge in [-0.2, -0.15) is 5.10 Å². The average Bonchev–Trinajstić information content (AvgIpc) is 3.35. The molecule has 0 aliphatic heterocycles. The van der Waals surface area contributed by atoms with Gasteiger partial charge in [0.25, 0.3) is 0 Å². The van der Waals surface area contributed by atoms with Crippen molar-refractivity contribution in [1.29, 1.82) is 0 Å². The zero-order valence-corrected chi connectivity index (χ0v) is 20.5. The third-order valence-electron chi connectivity index (χ3n) is 5.81. The van der Waals surface area contributed by atoms with E-state index in [0.29, 0.717) is 30.5 Å². The molecule has 1 saturated carbocycles. The summed E-state index contributed by atoms with van der Waals surface area (Å²) in [5, 5.41) is 4.59. The minimum absolute atomic E-state index is 0.0509. The molecule has 0 bridgehead atoms. The smallest absolute Gasteiger partial charge is 0.237 e. The molecule has 9 heteroatoms. The van der Waals surface area contributed by atoms with Crippen LogP contribution in [-0.2, 0) is 27.8 Å². The number of halogens is 1. The van der Waals surface area contributed by atoms with Gasteiger partial charge in [0.15, 0.2) is 0 Å². The van der Waals surface area contributed by atoms with Crippen molar-refractivity contribution in [3.05, 3.63) is 46.2 Å². The summed E-state index contributed by atoms with van der Waals surface area (Å²) >= 11 is 6.24. The minimum Gasteiger partial charge on any atom is -0.493 e.